The van der Waals surface area contributed by atoms with Gasteiger partial charge in [-0.15, -0.1) is 0 Å². The number of rotatable bonds is 0. The molecule has 0 heterocycles. The molecule has 66 valence electrons. The normalized spacial score (nSPS) is 43.9. The van der Waals surface area contributed by atoms with Gasteiger partial charge in [0, 0.05) is 5.54 Å². The fourth-order valence-electron chi connectivity index (χ4n) is 3.05. The molecule has 0 aromatic rings. The van der Waals surface area contributed by atoms with Gasteiger partial charge in [-0.25, -0.2) is 0 Å². The maximum atomic E-state index is 6.14. The monoisotopic (exact) mass is 155 g/mol. The van der Waals surface area contributed by atoms with Crippen LogP contribution in [0.3, 0.4) is 0 Å². The van der Waals surface area contributed by atoms with Crippen molar-refractivity contribution in [3.8, 4) is 0 Å². The van der Waals surface area contributed by atoms with Crippen LogP contribution in [0.15, 0.2) is 0 Å². The molecule has 1 aliphatic carbocycles. The molecule has 1 nitrogen and oxygen atoms in total. The molecule has 1 aliphatic rings. The second kappa shape index (κ2) is 2.48. The van der Waals surface area contributed by atoms with Crippen LogP contribution in [0.5, 0.6) is 0 Å². The summed E-state index contributed by atoms with van der Waals surface area (Å²) in [5.41, 5.74) is 6.69. The van der Waals surface area contributed by atoms with E-state index in [1.54, 1.807) is 0 Å². The lowest BCUT2D eigenvalue weighted by atomic mass is 9.65. The van der Waals surface area contributed by atoms with Gasteiger partial charge >= 0.3 is 0 Å². The molecule has 2 N–H and O–H groups in total. The van der Waals surface area contributed by atoms with Gasteiger partial charge in [-0.1, -0.05) is 20.8 Å². The highest BCUT2D eigenvalue weighted by molar-refractivity contribution is 4.93. The summed E-state index contributed by atoms with van der Waals surface area (Å²) in [6.07, 6.45) is 3.70. The van der Waals surface area contributed by atoms with E-state index in [1.807, 2.05) is 0 Å². The molecular weight excluding hydrogens is 134 g/mol. The maximum absolute atomic E-state index is 6.14. The van der Waals surface area contributed by atoms with Gasteiger partial charge in [0.25, 0.3) is 0 Å². The average molecular weight is 155 g/mol. The Bertz CT molecular complexity index is 131. The van der Waals surface area contributed by atoms with Gasteiger partial charge < -0.3 is 5.73 Å². The van der Waals surface area contributed by atoms with Crippen LogP contribution in [-0.2, 0) is 0 Å². The van der Waals surface area contributed by atoms with Crippen molar-refractivity contribution >= 4 is 0 Å². The first-order valence-electron chi connectivity index (χ1n) is 4.60. The second-order valence-electron chi connectivity index (χ2n) is 5.51. The zero-order chi connectivity index (χ0) is 8.70. The van der Waals surface area contributed by atoms with Gasteiger partial charge in [-0.05, 0) is 37.5 Å². The SMILES string of the molecule is C[C@H]1CC(C)(C)C[C@@](C)(N)C1. The third-order valence-corrected chi connectivity index (χ3v) is 2.60. The zero-order valence-corrected chi connectivity index (χ0v) is 8.28. The van der Waals surface area contributed by atoms with Crippen LogP contribution in [0.2, 0.25) is 0 Å². The molecule has 0 radical (unpaired) electrons. The van der Waals surface area contributed by atoms with Crippen LogP contribution in [0.25, 0.3) is 0 Å². The summed E-state index contributed by atoms with van der Waals surface area (Å²) in [4.78, 5) is 0. The molecule has 2 atom stereocenters. The molecule has 0 saturated heterocycles. The van der Waals surface area contributed by atoms with E-state index in [0.717, 1.165) is 5.92 Å². The third-order valence-electron chi connectivity index (χ3n) is 2.60. The van der Waals surface area contributed by atoms with Crippen LogP contribution in [-0.4, -0.2) is 5.54 Å². The summed E-state index contributed by atoms with van der Waals surface area (Å²) in [7, 11) is 0. The molecule has 0 aromatic carbocycles. The largest absolute Gasteiger partial charge is 0.325 e. The van der Waals surface area contributed by atoms with Crippen molar-refractivity contribution in [2.45, 2.75) is 52.5 Å². The molecule has 11 heavy (non-hydrogen) atoms. The smallest absolute Gasteiger partial charge is 0.0133 e. The maximum Gasteiger partial charge on any atom is 0.0133 e. The van der Waals surface area contributed by atoms with Crippen LogP contribution >= 0.6 is 0 Å². The molecule has 0 aliphatic heterocycles. The van der Waals surface area contributed by atoms with Crippen LogP contribution in [0.4, 0.5) is 0 Å². The van der Waals surface area contributed by atoms with E-state index in [1.165, 1.54) is 19.3 Å². The van der Waals surface area contributed by atoms with Gasteiger partial charge in [-0.3, -0.25) is 0 Å². The topological polar surface area (TPSA) is 26.0 Å². The minimum atomic E-state index is 0.0845. The Hall–Kier alpha value is -0.0400. The summed E-state index contributed by atoms with van der Waals surface area (Å²) in [5.74, 6) is 0.800. The first-order valence-corrected chi connectivity index (χ1v) is 4.60. The quantitative estimate of drug-likeness (QED) is 0.571. The summed E-state index contributed by atoms with van der Waals surface area (Å²) < 4.78 is 0. The van der Waals surface area contributed by atoms with Crippen molar-refractivity contribution in [2.24, 2.45) is 17.1 Å². The van der Waals surface area contributed by atoms with E-state index in [9.17, 15) is 0 Å². The molecule has 1 heteroatoms. The molecule has 1 saturated carbocycles. The van der Waals surface area contributed by atoms with Gasteiger partial charge in [0.05, 0.1) is 0 Å². The van der Waals surface area contributed by atoms with E-state index in [2.05, 4.69) is 27.7 Å². The first-order chi connectivity index (χ1) is 4.81. The van der Waals surface area contributed by atoms with Gasteiger partial charge in [-0.2, -0.15) is 0 Å². The summed E-state index contributed by atoms with van der Waals surface area (Å²) >= 11 is 0. The van der Waals surface area contributed by atoms with Crippen molar-refractivity contribution in [3.05, 3.63) is 0 Å². The molecule has 1 fully saturated rings. The van der Waals surface area contributed by atoms with Crippen molar-refractivity contribution < 1.29 is 0 Å². The third kappa shape index (κ3) is 2.48. The predicted molar refractivity (Wildman–Crippen MR) is 49.4 cm³/mol. The number of nitrogens with two attached hydrogens (primary N) is 1. The Kier molecular flexibility index (Phi) is 2.04. The Morgan fingerprint density at radius 1 is 1.18 bits per heavy atom. The van der Waals surface area contributed by atoms with E-state index in [4.69, 9.17) is 5.73 Å². The zero-order valence-electron chi connectivity index (χ0n) is 8.28. The first kappa shape index (κ1) is 9.05. The van der Waals surface area contributed by atoms with E-state index >= 15 is 0 Å². The van der Waals surface area contributed by atoms with Crippen molar-refractivity contribution in [2.75, 3.05) is 0 Å². The number of hydrogen-bond acceptors (Lipinski definition) is 1. The van der Waals surface area contributed by atoms with E-state index in [-0.39, 0.29) is 5.54 Å². The highest BCUT2D eigenvalue weighted by Gasteiger charge is 2.36. The van der Waals surface area contributed by atoms with Gasteiger partial charge in [0.1, 0.15) is 0 Å². The fourth-order valence-corrected chi connectivity index (χ4v) is 3.05. The number of hydrogen-bond donors (Lipinski definition) is 1. The van der Waals surface area contributed by atoms with E-state index < -0.39 is 0 Å². The van der Waals surface area contributed by atoms with Crippen molar-refractivity contribution in [1.29, 1.82) is 0 Å². The Morgan fingerprint density at radius 3 is 2.09 bits per heavy atom. The molecule has 0 spiro atoms. The highest BCUT2D eigenvalue weighted by Crippen LogP contribution is 2.42. The Morgan fingerprint density at radius 2 is 1.73 bits per heavy atom. The summed E-state index contributed by atoms with van der Waals surface area (Å²) in [6, 6.07) is 0. The van der Waals surface area contributed by atoms with Gasteiger partial charge in [0.15, 0.2) is 0 Å². The minimum absolute atomic E-state index is 0.0845. The summed E-state index contributed by atoms with van der Waals surface area (Å²) in [6.45, 7) is 9.15. The lowest BCUT2D eigenvalue weighted by Crippen LogP contribution is -2.46. The lowest BCUT2D eigenvalue weighted by molar-refractivity contribution is 0.119. The standard InChI is InChI=1S/C10H21N/c1-8-5-9(2,3)7-10(4,11)6-8/h8H,5-7,11H2,1-4H3/t8-,10-/m0/s1. The van der Waals surface area contributed by atoms with Gasteiger partial charge in [0.2, 0.25) is 0 Å². The molecule has 1 rings (SSSR count). The molecule has 0 bridgehead atoms. The second-order valence-corrected chi connectivity index (χ2v) is 5.51. The van der Waals surface area contributed by atoms with Crippen molar-refractivity contribution in [1.82, 2.24) is 0 Å². The molecule has 0 amide bonds. The van der Waals surface area contributed by atoms with Crippen LogP contribution in [0.1, 0.15) is 47.0 Å². The predicted octanol–water partition coefficient (Wildman–Crippen LogP) is 2.55. The lowest BCUT2D eigenvalue weighted by Gasteiger charge is -2.43. The van der Waals surface area contributed by atoms with Crippen LogP contribution in [0, 0.1) is 11.3 Å². The Balaban J connectivity index is 2.66. The van der Waals surface area contributed by atoms with Crippen molar-refractivity contribution in [3.63, 3.8) is 0 Å². The minimum Gasteiger partial charge on any atom is -0.325 e. The molecule has 0 unspecified atom stereocenters. The Labute approximate surface area is 70.4 Å². The average Bonchev–Trinajstić information content (AvgIpc) is 1.49. The molecular formula is C10H21N. The molecule has 0 aromatic heterocycles. The van der Waals surface area contributed by atoms with Crippen LogP contribution < -0.4 is 5.73 Å². The van der Waals surface area contributed by atoms with E-state index in [0.29, 0.717) is 5.41 Å². The summed E-state index contributed by atoms with van der Waals surface area (Å²) in [5, 5.41) is 0. The highest BCUT2D eigenvalue weighted by atomic mass is 14.7. The fraction of sp³-hybridized carbons (Fsp3) is 1.00.